The largest absolute Gasteiger partial charge is 0.490 e. The van der Waals surface area contributed by atoms with Crippen LogP contribution in [0.3, 0.4) is 0 Å². The number of carbonyl (C=O) groups is 1. The van der Waals surface area contributed by atoms with Crippen molar-refractivity contribution in [2.75, 3.05) is 26.7 Å². The Labute approximate surface area is 165 Å². The van der Waals surface area contributed by atoms with Crippen molar-refractivity contribution < 1.29 is 14.5 Å². The van der Waals surface area contributed by atoms with Crippen LogP contribution in [0.1, 0.15) is 29.8 Å². The van der Waals surface area contributed by atoms with Crippen molar-refractivity contribution in [2.24, 2.45) is 0 Å². The first-order chi connectivity index (χ1) is 13.5. The van der Waals surface area contributed by atoms with Gasteiger partial charge in [-0.05, 0) is 37.2 Å². The van der Waals surface area contributed by atoms with Crippen LogP contribution in [0.2, 0.25) is 0 Å². The van der Waals surface area contributed by atoms with E-state index in [0.29, 0.717) is 6.54 Å². The van der Waals surface area contributed by atoms with Crippen LogP contribution >= 0.6 is 0 Å². The van der Waals surface area contributed by atoms with Gasteiger partial charge >= 0.3 is 5.69 Å². The molecule has 0 heterocycles. The Kier molecular flexibility index (Phi) is 7.95. The van der Waals surface area contributed by atoms with Crippen LogP contribution in [-0.2, 0) is 6.42 Å². The molecule has 1 amide bonds. The lowest BCUT2D eigenvalue weighted by Gasteiger charge is -2.30. The van der Waals surface area contributed by atoms with Crippen molar-refractivity contribution in [1.82, 2.24) is 10.2 Å². The van der Waals surface area contributed by atoms with Gasteiger partial charge in [-0.15, -0.1) is 0 Å². The van der Waals surface area contributed by atoms with Crippen molar-refractivity contribution >= 4 is 11.6 Å². The number of amides is 1. The molecule has 0 aliphatic heterocycles. The number of likely N-dealkylation sites (N-methyl/N-ethyl adjacent to an activating group) is 1. The first-order valence-corrected chi connectivity index (χ1v) is 9.38. The number of nitro groups is 1. The molecule has 2 aromatic rings. The number of rotatable bonds is 10. The Morgan fingerprint density at radius 2 is 1.86 bits per heavy atom. The lowest BCUT2D eigenvalue weighted by molar-refractivity contribution is -0.385. The summed E-state index contributed by atoms with van der Waals surface area (Å²) in [7, 11) is 1.36. The molecule has 7 heteroatoms. The molecule has 28 heavy (non-hydrogen) atoms. The van der Waals surface area contributed by atoms with Crippen LogP contribution in [0.5, 0.6) is 5.75 Å². The molecule has 0 radical (unpaired) electrons. The smallest absolute Gasteiger partial charge is 0.311 e. The third-order valence-electron chi connectivity index (χ3n) is 4.78. The summed E-state index contributed by atoms with van der Waals surface area (Å²) in [5.74, 6) is -0.206. The molecule has 0 saturated carbocycles. The monoisotopic (exact) mass is 385 g/mol. The third kappa shape index (κ3) is 5.53. The molecule has 0 aliphatic carbocycles. The molecule has 150 valence electrons. The fourth-order valence-corrected chi connectivity index (χ4v) is 3.24. The predicted octanol–water partition coefficient (Wildman–Crippen LogP) is 3.29. The second-order valence-corrected chi connectivity index (χ2v) is 6.42. The van der Waals surface area contributed by atoms with Crippen molar-refractivity contribution in [3.63, 3.8) is 0 Å². The number of nitro benzene ring substituents is 1. The molecule has 0 aromatic heterocycles. The fourth-order valence-electron chi connectivity index (χ4n) is 3.24. The molecular weight excluding hydrogens is 358 g/mol. The van der Waals surface area contributed by atoms with Crippen LogP contribution in [0, 0.1) is 10.1 Å². The van der Waals surface area contributed by atoms with E-state index >= 15 is 0 Å². The lowest BCUT2D eigenvalue weighted by Crippen LogP contribution is -2.45. The molecule has 0 bridgehead atoms. The second-order valence-electron chi connectivity index (χ2n) is 6.42. The zero-order valence-corrected chi connectivity index (χ0v) is 16.6. The van der Waals surface area contributed by atoms with Crippen molar-refractivity contribution in [3.8, 4) is 5.75 Å². The minimum absolute atomic E-state index is 0.131. The molecular formula is C21H27N3O4. The van der Waals surface area contributed by atoms with E-state index in [0.717, 1.165) is 19.5 Å². The molecule has 1 unspecified atom stereocenters. The van der Waals surface area contributed by atoms with Gasteiger partial charge in [0.05, 0.1) is 12.0 Å². The SMILES string of the molecule is CCN(CC)C(CNC(=O)c1ccc(OC)c([N+](=O)[O-])c1)Cc1ccccc1. The first kappa shape index (κ1) is 21.4. The van der Waals surface area contributed by atoms with Gasteiger partial charge in [0.15, 0.2) is 5.75 Å². The maximum absolute atomic E-state index is 12.6. The van der Waals surface area contributed by atoms with Crippen molar-refractivity contribution in [3.05, 3.63) is 69.8 Å². The van der Waals surface area contributed by atoms with Crippen molar-refractivity contribution in [1.29, 1.82) is 0 Å². The molecule has 0 fully saturated rings. The number of benzene rings is 2. The molecule has 0 aliphatic rings. The Hall–Kier alpha value is -2.93. The summed E-state index contributed by atoms with van der Waals surface area (Å²) in [4.78, 5) is 25.5. The van der Waals surface area contributed by atoms with Crippen LogP contribution in [-0.4, -0.2) is 48.5 Å². The van der Waals surface area contributed by atoms with Crippen LogP contribution in [0.15, 0.2) is 48.5 Å². The van der Waals surface area contributed by atoms with Gasteiger partial charge in [0.25, 0.3) is 5.91 Å². The first-order valence-electron chi connectivity index (χ1n) is 9.38. The normalized spacial score (nSPS) is 11.9. The minimum atomic E-state index is -0.552. The van der Waals surface area contributed by atoms with Crippen LogP contribution < -0.4 is 10.1 Å². The molecule has 1 N–H and O–H groups in total. The molecule has 0 saturated heterocycles. The Morgan fingerprint density at radius 1 is 1.18 bits per heavy atom. The zero-order valence-electron chi connectivity index (χ0n) is 16.6. The summed E-state index contributed by atoms with van der Waals surface area (Å²) in [5, 5.41) is 14.1. The summed E-state index contributed by atoms with van der Waals surface area (Å²) >= 11 is 0. The maximum Gasteiger partial charge on any atom is 0.311 e. The molecule has 2 rings (SSSR count). The predicted molar refractivity (Wildman–Crippen MR) is 109 cm³/mol. The number of hydrogen-bond acceptors (Lipinski definition) is 5. The molecule has 7 nitrogen and oxygen atoms in total. The highest BCUT2D eigenvalue weighted by Gasteiger charge is 2.20. The van der Waals surface area contributed by atoms with Crippen molar-refractivity contribution in [2.45, 2.75) is 26.3 Å². The highest BCUT2D eigenvalue weighted by molar-refractivity contribution is 5.95. The Balaban J connectivity index is 2.12. The average Bonchev–Trinajstić information content (AvgIpc) is 2.72. The van der Waals surface area contributed by atoms with Gasteiger partial charge in [-0.1, -0.05) is 44.2 Å². The fraction of sp³-hybridized carbons (Fsp3) is 0.381. The number of ether oxygens (including phenoxy) is 1. The van der Waals surface area contributed by atoms with E-state index < -0.39 is 4.92 Å². The van der Waals surface area contributed by atoms with E-state index in [1.54, 1.807) is 0 Å². The summed E-state index contributed by atoms with van der Waals surface area (Å²) in [6.45, 7) is 6.39. The van der Waals surface area contributed by atoms with Crippen LogP contribution in [0.4, 0.5) is 5.69 Å². The van der Waals surface area contributed by atoms with E-state index in [4.69, 9.17) is 4.74 Å². The number of nitrogens with one attached hydrogen (secondary N) is 1. The Bertz CT molecular complexity index is 791. The quantitative estimate of drug-likeness (QED) is 0.501. The van der Waals surface area contributed by atoms with E-state index in [1.807, 2.05) is 18.2 Å². The maximum atomic E-state index is 12.6. The van der Waals surface area contributed by atoms with E-state index in [9.17, 15) is 14.9 Å². The number of hydrogen-bond donors (Lipinski definition) is 1. The molecule has 1 atom stereocenters. The van der Waals surface area contributed by atoms with Gasteiger partial charge in [-0.2, -0.15) is 0 Å². The number of nitrogens with zero attached hydrogens (tertiary/aromatic N) is 2. The average molecular weight is 385 g/mol. The van der Waals surface area contributed by atoms with Crippen LogP contribution in [0.25, 0.3) is 0 Å². The lowest BCUT2D eigenvalue weighted by atomic mass is 10.0. The minimum Gasteiger partial charge on any atom is -0.490 e. The third-order valence-corrected chi connectivity index (χ3v) is 4.78. The molecule has 2 aromatic carbocycles. The zero-order chi connectivity index (χ0) is 20.5. The Morgan fingerprint density at radius 3 is 2.43 bits per heavy atom. The highest BCUT2D eigenvalue weighted by atomic mass is 16.6. The van der Waals surface area contributed by atoms with Gasteiger partial charge in [-0.25, -0.2) is 0 Å². The second kappa shape index (κ2) is 10.4. The summed E-state index contributed by atoms with van der Waals surface area (Å²) < 4.78 is 4.99. The molecule has 0 spiro atoms. The summed E-state index contributed by atoms with van der Waals surface area (Å²) in [6.07, 6.45) is 0.811. The van der Waals surface area contributed by atoms with Gasteiger partial charge in [-0.3, -0.25) is 19.8 Å². The van der Waals surface area contributed by atoms with Gasteiger partial charge in [0.2, 0.25) is 0 Å². The summed E-state index contributed by atoms with van der Waals surface area (Å²) in [6, 6.07) is 14.5. The standard InChI is InChI=1S/C21H27N3O4/c1-4-23(5-2)18(13-16-9-7-6-8-10-16)15-22-21(25)17-11-12-20(28-3)19(14-17)24(26)27/h6-12,14,18H,4-5,13,15H2,1-3H3,(H,22,25). The van der Waals surface area contributed by atoms with Gasteiger partial charge < -0.3 is 10.1 Å². The number of methoxy groups -OCH3 is 1. The van der Waals surface area contributed by atoms with Gasteiger partial charge in [0.1, 0.15) is 0 Å². The van der Waals surface area contributed by atoms with E-state index in [2.05, 4.69) is 36.2 Å². The van der Waals surface area contributed by atoms with Gasteiger partial charge in [0, 0.05) is 24.2 Å². The highest BCUT2D eigenvalue weighted by Crippen LogP contribution is 2.27. The summed E-state index contributed by atoms with van der Waals surface area (Å²) in [5.41, 5.74) is 1.22. The number of carbonyl (C=O) groups excluding carboxylic acids is 1. The van der Waals surface area contributed by atoms with E-state index in [1.165, 1.54) is 30.9 Å². The van der Waals surface area contributed by atoms with E-state index in [-0.39, 0.29) is 28.9 Å². The topological polar surface area (TPSA) is 84.7 Å².